The minimum atomic E-state index is -0.428. The molecule has 2 N–H and O–H groups in total. The van der Waals surface area contributed by atoms with Crippen molar-refractivity contribution in [3.05, 3.63) is 34.6 Å². The first-order valence-electron chi connectivity index (χ1n) is 6.57. The van der Waals surface area contributed by atoms with Gasteiger partial charge >= 0.3 is 0 Å². The predicted molar refractivity (Wildman–Crippen MR) is 73.7 cm³/mol. The van der Waals surface area contributed by atoms with Crippen LogP contribution in [0.2, 0.25) is 5.02 Å². The maximum Gasteiger partial charge on any atom is 0.224 e. The first-order valence-corrected chi connectivity index (χ1v) is 6.95. The molecule has 104 valence electrons. The summed E-state index contributed by atoms with van der Waals surface area (Å²) in [6, 6.07) is 4.45. The zero-order valence-electron chi connectivity index (χ0n) is 10.7. The predicted octanol–water partition coefficient (Wildman–Crippen LogP) is 2.14. The van der Waals surface area contributed by atoms with Gasteiger partial charge in [-0.15, -0.1) is 0 Å². The van der Waals surface area contributed by atoms with E-state index in [4.69, 9.17) is 11.6 Å². The van der Waals surface area contributed by atoms with Gasteiger partial charge in [0.1, 0.15) is 5.82 Å². The zero-order chi connectivity index (χ0) is 13.7. The Labute approximate surface area is 117 Å². The van der Waals surface area contributed by atoms with Crippen LogP contribution in [0.1, 0.15) is 18.4 Å². The maximum atomic E-state index is 13.5. The Morgan fingerprint density at radius 3 is 3.05 bits per heavy atom. The fourth-order valence-corrected chi connectivity index (χ4v) is 2.53. The summed E-state index contributed by atoms with van der Waals surface area (Å²) in [7, 11) is 0. The molecule has 1 aliphatic rings. The molecule has 1 heterocycles. The molecule has 0 spiro atoms. The second-order valence-corrected chi connectivity index (χ2v) is 5.28. The monoisotopic (exact) mass is 284 g/mol. The average molecular weight is 285 g/mol. The molecule has 0 radical (unpaired) electrons. The molecule has 3 nitrogen and oxygen atoms in total. The number of halogens is 2. The van der Waals surface area contributed by atoms with Gasteiger partial charge in [-0.3, -0.25) is 4.79 Å². The second-order valence-electron chi connectivity index (χ2n) is 4.87. The Balaban J connectivity index is 1.77. The highest BCUT2D eigenvalue weighted by molar-refractivity contribution is 6.31. The van der Waals surface area contributed by atoms with E-state index in [-0.39, 0.29) is 17.9 Å². The smallest absolute Gasteiger partial charge is 0.224 e. The van der Waals surface area contributed by atoms with Crippen LogP contribution in [-0.2, 0) is 11.2 Å². The zero-order valence-corrected chi connectivity index (χ0v) is 11.5. The van der Waals surface area contributed by atoms with Crippen molar-refractivity contribution in [2.75, 3.05) is 19.6 Å². The minimum absolute atomic E-state index is 0.00553. The number of carbonyl (C=O) groups is 1. The van der Waals surface area contributed by atoms with Crippen LogP contribution in [0.4, 0.5) is 4.39 Å². The molecule has 0 bridgehead atoms. The van der Waals surface area contributed by atoms with Gasteiger partial charge in [-0.1, -0.05) is 17.7 Å². The van der Waals surface area contributed by atoms with E-state index in [1.807, 2.05) is 0 Å². The van der Waals surface area contributed by atoms with Crippen molar-refractivity contribution in [1.29, 1.82) is 0 Å². The number of hydrogen-bond acceptors (Lipinski definition) is 2. The third-order valence-corrected chi connectivity index (χ3v) is 3.79. The largest absolute Gasteiger partial charge is 0.356 e. The van der Waals surface area contributed by atoms with Crippen LogP contribution in [-0.4, -0.2) is 25.5 Å². The van der Waals surface area contributed by atoms with Crippen LogP contribution in [0.3, 0.4) is 0 Å². The highest BCUT2D eigenvalue weighted by Gasteiger charge is 2.15. The van der Waals surface area contributed by atoms with Crippen molar-refractivity contribution in [2.45, 2.75) is 19.3 Å². The first-order chi connectivity index (χ1) is 9.16. The first kappa shape index (κ1) is 14.3. The Bertz CT molecular complexity index is 427. The number of rotatable bonds is 5. The molecule has 1 aliphatic heterocycles. The van der Waals surface area contributed by atoms with Crippen molar-refractivity contribution in [2.24, 2.45) is 5.92 Å². The molecule has 1 aromatic rings. The number of benzene rings is 1. The molecule has 1 fully saturated rings. The van der Waals surface area contributed by atoms with Gasteiger partial charge < -0.3 is 10.6 Å². The van der Waals surface area contributed by atoms with Crippen molar-refractivity contribution < 1.29 is 9.18 Å². The average Bonchev–Trinajstić information content (AvgIpc) is 2.87. The normalized spacial score (nSPS) is 18.5. The van der Waals surface area contributed by atoms with E-state index in [9.17, 15) is 9.18 Å². The summed E-state index contributed by atoms with van der Waals surface area (Å²) in [5, 5.41) is 6.41. The summed E-state index contributed by atoms with van der Waals surface area (Å²) in [5.41, 5.74) is 0.268. The van der Waals surface area contributed by atoms with Crippen molar-refractivity contribution in [1.82, 2.24) is 10.6 Å². The molecule has 1 saturated heterocycles. The van der Waals surface area contributed by atoms with E-state index >= 15 is 0 Å². The molecule has 0 aliphatic carbocycles. The van der Waals surface area contributed by atoms with Gasteiger partial charge in [0, 0.05) is 17.1 Å². The molecular formula is C14H18ClFN2O. The fourth-order valence-electron chi connectivity index (χ4n) is 2.30. The SMILES string of the molecule is O=C(Cc1c(F)cccc1Cl)NCCC1CCNC1. The molecule has 19 heavy (non-hydrogen) atoms. The van der Waals surface area contributed by atoms with E-state index in [0.717, 1.165) is 25.9 Å². The fraction of sp³-hybridized carbons (Fsp3) is 0.500. The second kappa shape index (κ2) is 6.87. The van der Waals surface area contributed by atoms with Gasteiger partial charge in [0.2, 0.25) is 5.91 Å². The lowest BCUT2D eigenvalue weighted by atomic mass is 10.1. The number of hydrogen-bond donors (Lipinski definition) is 2. The van der Waals surface area contributed by atoms with Gasteiger partial charge in [0.15, 0.2) is 0 Å². The molecule has 1 aromatic carbocycles. The Hall–Kier alpha value is -1.13. The Morgan fingerprint density at radius 2 is 2.37 bits per heavy atom. The van der Waals surface area contributed by atoms with E-state index < -0.39 is 5.82 Å². The lowest BCUT2D eigenvalue weighted by molar-refractivity contribution is -0.120. The van der Waals surface area contributed by atoms with Crippen LogP contribution in [0, 0.1) is 11.7 Å². The van der Waals surface area contributed by atoms with Crippen LogP contribution in [0.5, 0.6) is 0 Å². The topological polar surface area (TPSA) is 41.1 Å². The summed E-state index contributed by atoms with van der Waals surface area (Å²) in [4.78, 5) is 11.7. The highest BCUT2D eigenvalue weighted by atomic mass is 35.5. The van der Waals surface area contributed by atoms with Gasteiger partial charge in [-0.05, 0) is 44.0 Å². The Kier molecular flexibility index (Phi) is 5.16. The number of carbonyl (C=O) groups excluding carboxylic acids is 1. The standard InChI is InChI=1S/C14H18ClFN2O/c15-12-2-1-3-13(16)11(12)8-14(19)18-7-5-10-4-6-17-9-10/h1-3,10,17H,4-9H2,(H,18,19). The van der Waals surface area contributed by atoms with E-state index in [1.165, 1.54) is 12.1 Å². The highest BCUT2D eigenvalue weighted by Crippen LogP contribution is 2.19. The number of amides is 1. The lowest BCUT2D eigenvalue weighted by Gasteiger charge is -2.10. The quantitative estimate of drug-likeness (QED) is 0.870. The summed E-state index contributed by atoms with van der Waals surface area (Å²) < 4.78 is 13.5. The molecule has 0 saturated carbocycles. The molecule has 0 aromatic heterocycles. The third kappa shape index (κ3) is 4.18. The Morgan fingerprint density at radius 1 is 1.53 bits per heavy atom. The van der Waals surface area contributed by atoms with E-state index in [0.29, 0.717) is 17.5 Å². The molecule has 5 heteroatoms. The summed E-state index contributed by atoms with van der Waals surface area (Å²) in [6.45, 7) is 2.72. The van der Waals surface area contributed by atoms with Gasteiger partial charge in [-0.2, -0.15) is 0 Å². The van der Waals surface area contributed by atoms with Gasteiger partial charge in [0.05, 0.1) is 6.42 Å². The summed E-state index contributed by atoms with van der Waals surface area (Å²) in [6.07, 6.45) is 2.12. The van der Waals surface area contributed by atoms with Crippen LogP contribution < -0.4 is 10.6 Å². The van der Waals surface area contributed by atoms with Crippen molar-refractivity contribution in [3.8, 4) is 0 Å². The third-order valence-electron chi connectivity index (χ3n) is 3.44. The van der Waals surface area contributed by atoms with E-state index in [2.05, 4.69) is 10.6 Å². The van der Waals surface area contributed by atoms with Crippen molar-refractivity contribution in [3.63, 3.8) is 0 Å². The molecule has 2 rings (SSSR count). The minimum Gasteiger partial charge on any atom is -0.356 e. The molecular weight excluding hydrogens is 267 g/mol. The molecule has 1 amide bonds. The number of nitrogens with one attached hydrogen (secondary N) is 2. The maximum absolute atomic E-state index is 13.5. The molecule has 1 atom stereocenters. The van der Waals surface area contributed by atoms with Crippen LogP contribution >= 0.6 is 11.6 Å². The van der Waals surface area contributed by atoms with Gasteiger partial charge in [0.25, 0.3) is 0 Å². The van der Waals surface area contributed by atoms with Crippen molar-refractivity contribution >= 4 is 17.5 Å². The van der Waals surface area contributed by atoms with Gasteiger partial charge in [-0.25, -0.2) is 4.39 Å². The summed E-state index contributed by atoms with van der Waals surface area (Å²) >= 11 is 5.88. The van der Waals surface area contributed by atoms with E-state index in [1.54, 1.807) is 6.07 Å². The van der Waals surface area contributed by atoms with Crippen LogP contribution in [0.25, 0.3) is 0 Å². The van der Waals surface area contributed by atoms with Crippen LogP contribution in [0.15, 0.2) is 18.2 Å². The summed E-state index contributed by atoms with van der Waals surface area (Å²) in [5.74, 6) is 0.0259. The molecule has 1 unspecified atom stereocenters. The lowest BCUT2D eigenvalue weighted by Crippen LogP contribution is -2.28.